The van der Waals surface area contributed by atoms with E-state index in [2.05, 4.69) is 21.9 Å². The van der Waals surface area contributed by atoms with E-state index in [1.807, 2.05) is 13.8 Å². The maximum Gasteiger partial charge on any atom is 0.261 e. The molecular weight excluding hydrogens is 338 g/mol. The molecule has 0 saturated carbocycles. The lowest BCUT2D eigenvalue weighted by molar-refractivity contribution is 0.242. The number of anilines is 2. The molecule has 0 unspecified atom stereocenters. The van der Waals surface area contributed by atoms with Crippen molar-refractivity contribution in [1.82, 2.24) is 4.98 Å². The summed E-state index contributed by atoms with van der Waals surface area (Å²) in [5.74, 6) is 1.37. The van der Waals surface area contributed by atoms with Crippen molar-refractivity contribution in [3.05, 3.63) is 42.6 Å². The second kappa shape index (κ2) is 8.71. The number of ether oxygens (including phenoxy) is 1. The van der Waals surface area contributed by atoms with Crippen molar-refractivity contribution >= 4 is 21.5 Å². The molecule has 0 aliphatic carbocycles. The van der Waals surface area contributed by atoms with Gasteiger partial charge in [-0.25, -0.2) is 13.4 Å². The Labute approximate surface area is 149 Å². The topological polar surface area (TPSA) is 80.3 Å². The smallest absolute Gasteiger partial charge is 0.261 e. The number of hydrogen-bond acceptors (Lipinski definition) is 5. The number of unbranched alkanes of at least 4 members (excludes halogenated alkanes) is 1. The number of aromatic nitrogens is 1. The van der Waals surface area contributed by atoms with E-state index in [1.54, 1.807) is 24.3 Å². The second-order valence-corrected chi connectivity index (χ2v) is 7.64. The molecule has 0 radical (unpaired) electrons. The van der Waals surface area contributed by atoms with Gasteiger partial charge < -0.3 is 10.1 Å². The molecule has 1 heterocycles. The van der Waals surface area contributed by atoms with Gasteiger partial charge in [-0.15, -0.1) is 0 Å². The van der Waals surface area contributed by atoms with Crippen LogP contribution < -0.4 is 14.8 Å². The third kappa shape index (κ3) is 5.94. The Morgan fingerprint density at radius 1 is 1.12 bits per heavy atom. The predicted molar refractivity (Wildman–Crippen MR) is 101 cm³/mol. The molecule has 1 aromatic carbocycles. The Bertz CT molecular complexity index is 757. The van der Waals surface area contributed by atoms with Crippen LogP contribution in [0.25, 0.3) is 0 Å². The highest BCUT2D eigenvalue weighted by atomic mass is 32.2. The summed E-state index contributed by atoms with van der Waals surface area (Å²) in [5.41, 5.74) is 0.420. The highest BCUT2D eigenvalue weighted by Crippen LogP contribution is 2.20. The number of rotatable bonds is 9. The summed E-state index contributed by atoms with van der Waals surface area (Å²) < 4.78 is 32.9. The van der Waals surface area contributed by atoms with E-state index >= 15 is 0 Å². The number of benzene rings is 1. The van der Waals surface area contributed by atoms with Gasteiger partial charge in [-0.2, -0.15) is 0 Å². The lowest BCUT2D eigenvalue weighted by Crippen LogP contribution is -2.13. The van der Waals surface area contributed by atoms with Gasteiger partial charge in [0.1, 0.15) is 11.6 Å². The Hall–Kier alpha value is -2.28. The van der Waals surface area contributed by atoms with E-state index in [1.165, 1.54) is 18.3 Å². The Morgan fingerprint density at radius 3 is 2.40 bits per heavy atom. The summed E-state index contributed by atoms with van der Waals surface area (Å²) >= 11 is 0. The first-order valence-electron chi connectivity index (χ1n) is 8.40. The fourth-order valence-electron chi connectivity index (χ4n) is 2.14. The van der Waals surface area contributed by atoms with Crippen molar-refractivity contribution in [2.75, 3.05) is 16.6 Å². The van der Waals surface area contributed by atoms with Gasteiger partial charge in [-0.05, 0) is 56.7 Å². The molecule has 0 spiro atoms. The summed E-state index contributed by atoms with van der Waals surface area (Å²) in [7, 11) is -3.66. The van der Waals surface area contributed by atoms with Gasteiger partial charge in [0, 0.05) is 6.54 Å². The standard InChI is InChI=1S/C18H25N3O3S/c1-4-5-12-19-18-11-6-15(13-20-18)21-25(22,23)17-9-7-16(8-10-17)24-14(2)3/h6-11,13-14,21H,4-5,12H2,1-3H3,(H,19,20). The van der Waals surface area contributed by atoms with Gasteiger partial charge in [-0.3, -0.25) is 4.72 Å². The molecule has 2 rings (SSSR count). The molecule has 2 aromatic rings. The number of nitrogens with zero attached hydrogens (tertiary/aromatic N) is 1. The second-order valence-electron chi connectivity index (χ2n) is 5.96. The minimum Gasteiger partial charge on any atom is -0.491 e. The number of sulfonamides is 1. The first-order chi connectivity index (χ1) is 11.9. The first kappa shape index (κ1) is 19.1. The van der Waals surface area contributed by atoms with Gasteiger partial charge >= 0.3 is 0 Å². The molecule has 0 atom stereocenters. The molecule has 2 N–H and O–H groups in total. The van der Waals surface area contributed by atoms with Crippen LogP contribution >= 0.6 is 0 Å². The first-order valence-corrected chi connectivity index (χ1v) is 9.88. The van der Waals surface area contributed by atoms with Crippen LogP contribution in [0.3, 0.4) is 0 Å². The molecule has 25 heavy (non-hydrogen) atoms. The summed E-state index contributed by atoms with van der Waals surface area (Å²) in [6.45, 7) is 6.80. The van der Waals surface area contributed by atoms with E-state index in [0.717, 1.165) is 25.2 Å². The van der Waals surface area contributed by atoms with Crippen LogP contribution in [0.2, 0.25) is 0 Å². The average Bonchev–Trinajstić information content (AvgIpc) is 2.56. The Balaban J connectivity index is 2.02. The monoisotopic (exact) mass is 363 g/mol. The summed E-state index contributed by atoms with van der Waals surface area (Å²) in [6.07, 6.45) is 3.71. The maximum atomic E-state index is 12.4. The molecule has 0 bridgehead atoms. The van der Waals surface area contributed by atoms with Gasteiger partial charge in [-0.1, -0.05) is 13.3 Å². The van der Waals surface area contributed by atoms with Crippen LogP contribution in [0.1, 0.15) is 33.6 Å². The molecular formula is C18H25N3O3S. The van der Waals surface area contributed by atoms with E-state index < -0.39 is 10.0 Å². The SMILES string of the molecule is CCCCNc1ccc(NS(=O)(=O)c2ccc(OC(C)C)cc2)cn1. The third-order valence-electron chi connectivity index (χ3n) is 3.36. The normalized spacial score (nSPS) is 11.4. The van der Waals surface area contributed by atoms with Crippen LogP contribution in [0.4, 0.5) is 11.5 Å². The molecule has 0 aliphatic heterocycles. The molecule has 0 saturated heterocycles. The van der Waals surface area contributed by atoms with E-state index in [0.29, 0.717) is 11.4 Å². The van der Waals surface area contributed by atoms with E-state index in [-0.39, 0.29) is 11.0 Å². The van der Waals surface area contributed by atoms with E-state index in [4.69, 9.17) is 4.74 Å². The minimum absolute atomic E-state index is 0.0381. The Morgan fingerprint density at radius 2 is 1.84 bits per heavy atom. The average molecular weight is 363 g/mol. The lowest BCUT2D eigenvalue weighted by Gasteiger charge is -2.11. The fraction of sp³-hybridized carbons (Fsp3) is 0.389. The zero-order valence-electron chi connectivity index (χ0n) is 14.8. The molecule has 136 valence electrons. The summed E-state index contributed by atoms with van der Waals surface area (Å²) in [6, 6.07) is 9.78. The molecule has 0 fully saturated rings. The van der Waals surface area contributed by atoms with Gasteiger partial charge in [0.05, 0.1) is 22.9 Å². The summed E-state index contributed by atoms with van der Waals surface area (Å²) in [5, 5.41) is 3.19. The quantitative estimate of drug-likeness (QED) is 0.661. The third-order valence-corrected chi connectivity index (χ3v) is 4.76. The number of nitrogens with one attached hydrogen (secondary N) is 2. The van der Waals surface area contributed by atoms with Crippen molar-refractivity contribution in [2.24, 2.45) is 0 Å². The number of hydrogen-bond donors (Lipinski definition) is 2. The molecule has 1 aromatic heterocycles. The Kier molecular flexibility index (Phi) is 6.64. The van der Waals surface area contributed by atoms with Crippen molar-refractivity contribution < 1.29 is 13.2 Å². The van der Waals surface area contributed by atoms with Crippen molar-refractivity contribution in [3.63, 3.8) is 0 Å². The summed E-state index contributed by atoms with van der Waals surface area (Å²) in [4.78, 5) is 4.39. The van der Waals surface area contributed by atoms with E-state index in [9.17, 15) is 8.42 Å². The van der Waals surface area contributed by atoms with Crippen molar-refractivity contribution in [3.8, 4) is 5.75 Å². The van der Waals surface area contributed by atoms with Crippen LogP contribution in [0, 0.1) is 0 Å². The zero-order valence-corrected chi connectivity index (χ0v) is 15.6. The van der Waals surface area contributed by atoms with Crippen LogP contribution in [0.15, 0.2) is 47.5 Å². The van der Waals surface area contributed by atoms with Crippen LogP contribution in [-0.4, -0.2) is 26.1 Å². The highest BCUT2D eigenvalue weighted by Gasteiger charge is 2.14. The maximum absolute atomic E-state index is 12.4. The molecule has 0 aliphatic rings. The highest BCUT2D eigenvalue weighted by molar-refractivity contribution is 7.92. The lowest BCUT2D eigenvalue weighted by atomic mass is 10.3. The molecule has 6 nitrogen and oxygen atoms in total. The van der Waals surface area contributed by atoms with Crippen LogP contribution in [0.5, 0.6) is 5.75 Å². The van der Waals surface area contributed by atoms with Crippen molar-refractivity contribution in [1.29, 1.82) is 0 Å². The van der Waals surface area contributed by atoms with Crippen LogP contribution in [-0.2, 0) is 10.0 Å². The van der Waals surface area contributed by atoms with Gasteiger partial charge in [0.25, 0.3) is 10.0 Å². The largest absolute Gasteiger partial charge is 0.491 e. The molecule has 7 heteroatoms. The zero-order chi connectivity index (χ0) is 18.3. The number of pyridine rings is 1. The van der Waals surface area contributed by atoms with Gasteiger partial charge in [0.15, 0.2) is 0 Å². The van der Waals surface area contributed by atoms with Crippen molar-refractivity contribution in [2.45, 2.75) is 44.6 Å². The minimum atomic E-state index is -3.66. The fourth-order valence-corrected chi connectivity index (χ4v) is 3.18. The molecule has 0 amide bonds. The predicted octanol–water partition coefficient (Wildman–Crippen LogP) is 3.88. The van der Waals surface area contributed by atoms with Gasteiger partial charge in [0.2, 0.25) is 0 Å².